The third-order valence-corrected chi connectivity index (χ3v) is 3.40. The fourth-order valence-corrected chi connectivity index (χ4v) is 2.34. The molecule has 0 saturated carbocycles. The number of benzene rings is 1. The molecule has 3 rings (SSSR count). The standard InChI is InChI=1S/C17H14N4/c1-13-15(12-19-20-14-7-3-2-4-8-14)16-9-5-6-10-21(16)17(13)11-18/h2-10,12,20H,1H3. The highest BCUT2D eigenvalue weighted by atomic mass is 15.3. The van der Waals surface area contributed by atoms with Gasteiger partial charge in [0.05, 0.1) is 17.4 Å². The molecule has 2 heterocycles. The zero-order valence-corrected chi connectivity index (χ0v) is 11.6. The number of anilines is 1. The minimum atomic E-state index is 0.645. The number of nitrogens with one attached hydrogen (secondary N) is 1. The van der Waals surface area contributed by atoms with Gasteiger partial charge in [0.1, 0.15) is 11.8 Å². The van der Waals surface area contributed by atoms with Crippen molar-refractivity contribution in [2.24, 2.45) is 5.10 Å². The van der Waals surface area contributed by atoms with Gasteiger partial charge in [-0.25, -0.2) is 0 Å². The van der Waals surface area contributed by atoms with Crippen LogP contribution in [0.4, 0.5) is 5.69 Å². The normalized spacial score (nSPS) is 10.9. The van der Waals surface area contributed by atoms with Gasteiger partial charge in [0.2, 0.25) is 0 Å². The van der Waals surface area contributed by atoms with Crippen molar-refractivity contribution in [3.63, 3.8) is 0 Å². The van der Waals surface area contributed by atoms with E-state index in [-0.39, 0.29) is 0 Å². The van der Waals surface area contributed by atoms with Gasteiger partial charge in [-0.2, -0.15) is 10.4 Å². The molecule has 3 aromatic rings. The van der Waals surface area contributed by atoms with E-state index in [0.29, 0.717) is 5.69 Å². The van der Waals surface area contributed by atoms with Crippen molar-refractivity contribution in [1.29, 1.82) is 5.26 Å². The number of fused-ring (bicyclic) bond motifs is 1. The molecule has 4 nitrogen and oxygen atoms in total. The number of nitrogens with zero attached hydrogens (tertiary/aromatic N) is 3. The first-order chi connectivity index (χ1) is 10.3. The maximum Gasteiger partial charge on any atom is 0.128 e. The Kier molecular flexibility index (Phi) is 3.40. The van der Waals surface area contributed by atoms with E-state index < -0.39 is 0 Å². The molecule has 1 N–H and O–H groups in total. The number of hydrogen-bond donors (Lipinski definition) is 1. The van der Waals surface area contributed by atoms with E-state index in [1.807, 2.05) is 66.1 Å². The number of aromatic nitrogens is 1. The summed E-state index contributed by atoms with van der Waals surface area (Å²) in [6.45, 7) is 1.94. The summed E-state index contributed by atoms with van der Waals surface area (Å²) in [5.74, 6) is 0. The second-order valence-corrected chi connectivity index (χ2v) is 4.69. The van der Waals surface area contributed by atoms with Gasteiger partial charge in [-0.05, 0) is 36.8 Å². The second kappa shape index (κ2) is 5.51. The van der Waals surface area contributed by atoms with E-state index in [9.17, 15) is 5.26 Å². The summed E-state index contributed by atoms with van der Waals surface area (Å²) in [6.07, 6.45) is 3.65. The third-order valence-electron chi connectivity index (χ3n) is 3.40. The molecular formula is C17H14N4. The third kappa shape index (κ3) is 2.37. The average Bonchev–Trinajstić information content (AvgIpc) is 2.80. The van der Waals surface area contributed by atoms with Crippen LogP contribution < -0.4 is 5.43 Å². The Hall–Kier alpha value is -3.06. The van der Waals surface area contributed by atoms with E-state index in [4.69, 9.17) is 0 Å². The molecule has 4 heteroatoms. The Labute approximate surface area is 123 Å². The quantitative estimate of drug-likeness (QED) is 0.586. The minimum Gasteiger partial charge on any atom is -0.307 e. The lowest BCUT2D eigenvalue weighted by molar-refractivity contribution is 1.14. The predicted molar refractivity (Wildman–Crippen MR) is 84.5 cm³/mol. The van der Waals surface area contributed by atoms with Crippen LogP contribution in [0.1, 0.15) is 16.8 Å². The highest BCUT2D eigenvalue weighted by molar-refractivity contribution is 5.93. The Bertz CT molecular complexity index is 838. The fraction of sp³-hybridized carbons (Fsp3) is 0.0588. The maximum atomic E-state index is 9.30. The largest absolute Gasteiger partial charge is 0.307 e. The Morgan fingerprint density at radius 2 is 1.90 bits per heavy atom. The summed E-state index contributed by atoms with van der Waals surface area (Å²) >= 11 is 0. The van der Waals surface area contributed by atoms with E-state index >= 15 is 0 Å². The van der Waals surface area contributed by atoms with Gasteiger partial charge < -0.3 is 4.40 Å². The summed E-state index contributed by atoms with van der Waals surface area (Å²) in [5, 5.41) is 13.6. The molecule has 0 unspecified atom stereocenters. The van der Waals surface area contributed by atoms with Gasteiger partial charge in [0, 0.05) is 11.8 Å². The molecule has 2 aromatic heterocycles. The highest BCUT2D eigenvalue weighted by Gasteiger charge is 2.12. The summed E-state index contributed by atoms with van der Waals surface area (Å²) < 4.78 is 1.89. The molecule has 0 aliphatic carbocycles. The molecule has 0 atom stereocenters. The number of pyridine rings is 1. The molecule has 21 heavy (non-hydrogen) atoms. The number of nitriles is 1. The number of hydrogen-bond acceptors (Lipinski definition) is 3. The molecule has 0 amide bonds. The van der Waals surface area contributed by atoms with Crippen LogP contribution in [-0.4, -0.2) is 10.6 Å². The van der Waals surface area contributed by atoms with E-state index in [1.54, 1.807) is 6.21 Å². The van der Waals surface area contributed by atoms with Crippen LogP contribution in [0, 0.1) is 18.3 Å². The first-order valence-corrected chi connectivity index (χ1v) is 6.65. The number of para-hydroxylation sites is 1. The number of hydrazone groups is 1. The molecule has 0 spiro atoms. The van der Waals surface area contributed by atoms with Crippen molar-refractivity contribution < 1.29 is 0 Å². The lowest BCUT2D eigenvalue weighted by Gasteiger charge is -1.98. The molecule has 0 bridgehead atoms. The molecule has 102 valence electrons. The van der Waals surface area contributed by atoms with Crippen LogP contribution in [0.25, 0.3) is 5.52 Å². The first kappa shape index (κ1) is 12.9. The first-order valence-electron chi connectivity index (χ1n) is 6.65. The molecule has 0 aliphatic heterocycles. The Morgan fingerprint density at radius 3 is 2.67 bits per heavy atom. The number of rotatable bonds is 3. The van der Waals surface area contributed by atoms with Crippen LogP contribution >= 0.6 is 0 Å². The minimum absolute atomic E-state index is 0.645. The molecule has 0 aliphatic rings. The van der Waals surface area contributed by atoms with Gasteiger partial charge in [-0.3, -0.25) is 5.43 Å². The van der Waals surface area contributed by atoms with Crippen LogP contribution in [-0.2, 0) is 0 Å². The van der Waals surface area contributed by atoms with Crippen LogP contribution in [0.15, 0.2) is 59.8 Å². The topological polar surface area (TPSA) is 52.6 Å². The van der Waals surface area contributed by atoms with E-state index in [2.05, 4.69) is 16.6 Å². The SMILES string of the molecule is Cc1c(C=NNc2ccccc2)c2ccccn2c1C#N. The van der Waals surface area contributed by atoms with Crippen molar-refractivity contribution in [3.8, 4) is 6.07 Å². The van der Waals surface area contributed by atoms with Gasteiger partial charge in [0.25, 0.3) is 0 Å². The second-order valence-electron chi connectivity index (χ2n) is 4.69. The van der Waals surface area contributed by atoms with Gasteiger partial charge in [-0.15, -0.1) is 0 Å². The zero-order chi connectivity index (χ0) is 14.7. The van der Waals surface area contributed by atoms with Crippen LogP contribution in [0.3, 0.4) is 0 Å². The smallest absolute Gasteiger partial charge is 0.128 e. The Balaban J connectivity index is 1.98. The van der Waals surface area contributed by atoms with Crippen molar-refractivity contribution >= 4 is 17.4 Å². The maximum absolute atomic E-state index is 9.30. The lowest BCUT2D eigenvalue weighted by Crippen LogP contribution is -1.91. The fourth-order valence-electron chi connectivity index (χ4n) is 2.34. The van der Waals surface area contributed by atoms with Crippen molar-refractivity contribution in [2.45, 2.75) is 6.92 Å². The lowest BCUT2D eigenvalue weighted by atomic mass is 10.1. The van der Waals surface area contributed by atoms with Gasteiger partial charge in [-0.1, -0.05) is 24.3 Å². The molecule has 0 fully saturated rings. The summed E-state index contributed by atoms with van der Waals surface area (Å²) in [6, 6.07) is 17.9. The molecular weight excluding hydrogens is 260 g/mol. The van der Waals surface area contributed by atoms with Gasteiger partial charge in [0.15, 0.2) is 0 Å². The predicted octanol–water partition coefficient (Wildman–Crippen LogP) is 3.57. The van der Waals surface area contributed by atoms with Crippen molar-refractivity contribution in [2.75, 3.05) is 5.43 Å². The van der Waals surface area contributed by atoms with Crippen molar-refractivity contribution in [1.82, 2.24) is 4.40 Å². The summed E-state index contributed by atoms with van der Waals surface area (Å²) in [7, 11) is 0. The summed E-state index contributed by atoms with van der Waals surface area (Å²) in [5.41, 5.74) is 7.43. The van der Waals surface area contributed by atoms with Crippen LogP contribution in [0.5, 0.6) is 0 Å². The highest BCUT2D eigenvalue weighted by Crippen LogP contribution is 2.21. The van der Waals surface area contributed by atoms with Crippen molar-refractivity contribution in [3.05, 3.63) is 71.5 Å². The monoisotopic (exact) mass is 274 g/mol. The molecule has 1 aromatic carbocycles. The summed E-state index contributed by atoms with van der Waals surface area (Å²) in [4.78, 5) is 0. The van der Waals surface area contributed by atoms with Gasteiger partial charge >= 0.3 is 0 Å². The average molecular weight is 274 g/mol. The zero-order valence-electron chi connectivity index (χ0n) is 11.6. The Morgan fingerprint density at radius 1 is 1.14 bits per heavy atom. The molecule has 0 radical (unpaired) electrons. The van der Waals surface area contributed by atoms with Crippen LogP contribution in [0.2, 0.25) is 0 Å². The van der Waals surface area contributed by atoms with E-state index in [1.165, 1.54) is 0 Å². The molecule has 0 saturated heterocycles. The van der Waals surface area contributed by atoms with E-state index in [0.717, 1.165) is 22.3 Å².